The topological polar surface area (TPSA) is 157 Å². The van der Waals surface area contributed by atoms with Gasteiger partial charge in [-0.1, -0.05) is 19.1 Å². The highest BCUT2D eigenvalue weighted by molar-refractivity contribution is 6.30. The van der Waals surface area contributed by atoms with E-state index in [-0.39, 0.29) is 64.4 Å². The zero-order valence-electron chi connectivity index (χ0n) is 21.7. The van der Waals surface area contributed by atoms with Crippen molar-refractivity contribution in [2.45, 2.75) is 75.5 Å². The zero-order chi connectivity index (χ0) is 27.7. The highest BCUT2D eigenvalue weighted by atomic mass is 16.7. The molecule has 38 heavy (non-hydrogen) atoms. The molecule has 0 amide bonds. The number of hydrogen-bond acceptors (Lipinski definition) is 10. The smallest absolute Gasteiger partial charge is 0.198 e. The third kappa shape index (κ3) is 3.95. The van der Waals surface area contributed by atoms with Crippen LogP contribution in [0.1, 0.15) is 88.3 Å². The Labute approximate surface area is 220 Å². The standard InChI is InChI=1S/C28H33NO9/c1-5-28(36)11-18(31)14-9-15-21(24(33)13-7-6-8-17(30)20(13)25(15)34)26(35)22(14)27(28)38-19-10-16(29(3)4)23(32)12(2)37-19/h6-9,12,16,18-19,23,27,30-32,35-36H,5,10-11H2,1-4H3/t12-,16-,18?,19-,23+,27?,28?/m0/s1. The number of rotatable bonds is 4. The number of carbonyl (C=O) groups is 2. The summed E-state index contributed by atoms with van der Waals surface area (Å²) in [6.45, 7) is 3.43. The summed E-state index contributed by atoms with van der Waals surface area (Å²) >= 11 is 0. The maximum atomic E-state index is 13.5. The molecule has 10 heteroatoms. The Bertz CT molecular complexity index is 1310. The molecule has 0 spiro atoms. The van der Waals surface area contributed by atoms with E-state index in [1.165, 1.54) is 24.3 Å². The number of aliphatic hydroxyl groups is 3. The second kappa shape index (κ2) is 9.41. The quantitative estimate of drug-likeness (QED) is 0.340. The van der Waals surface area contributed by atoms with E-state index in [9.17, 15) is 35.1 Å². The largest absolute Gasteiger partial charge is 0.507 e. The fourth-order valence-electron chi connectivity index (χ4n) is 6.03. The van der Waals surface area contributed by atoms with E-state index in [0.717, 1.165) is 0 Å². The first-order chi connectivity index (χ1) is 17.9. The fourth-order valence-corrected chi connectivity index (χ4v) is 6.03. The first kappa shape index (κ1) is 26.7. The van der Waals surface area contributed by atoms with E-state index < -0.39 is 53.6 Å². The van der Waals surface area contributed by atoms with E-state index in [1.807, 2.05) is 19.0 Å². The number of ketones is 2. The Hall–Kier alpha value is -2.86. The first-order valence-corrected chi connectivity index (χ1v) is 12.8. The van der Waals surface area contributed by atoms with Crippen molar-refractivity contribution in [3.8, 4) is 11.5 Å². The number of hydrogen-bond donors (Lipinski definition) is 5. The maximum absolute atomic E-state index is 13.5. The van der Waals surface area contributed by atoms with Gasteiger partial charge in [0.15, 0.2) is 17.9 Å². The van der Waals surface area contributed by atoms with Crippen LogP contribution in [0.25, 0.3) is 0 Å². The van der Waals surface area contributed by atoms with Gasteiger partial charge in [-0.25, -0.2) is 0 Å². The highest BCUT2D eigenvalue weighted by Crippen LogP contribution is 2.53. The van der Waals surface area contributed by atoms with Crippen LogP contribution in [-0.2, 0) is 9.47 Å². The van der Waals surface area contributed by atoms with Crippen LogP contribution in [-0.4, -0.2) is 86.2 Å². The van der Waals surface area contributed by atoms with Crippen LogP contribution in [0.15, 0.2) is 24.3 Å². The summed E-state index contributed by atoms with van der Waals surface area (Å²) in [4.78, 5) is 28.7. The van der Waals surface area contributed by atoms with Gasteiger partial charge in [-0.05, 0) is 45.1 Å². The maximum Gasteiger partial charge on any atom is 0.198 e. The van der Waals surface area contributed by atoms with Gasteiger partial charge in [0.25, 0.3) is 0 Å². The van der Waals surface area contributed by atoms with Crippen LogP contribution in [0.5, 0.6) is 11.5 Å². The van der Waals surface area contributed by atoms with Crippen molar-refractivity contribution in [3.63, 3.8) is 0 Å². The minimum Gasteiger partial charge on any atom is -0.507 e. The third-order valence-corrected chi connectivity index (χ3v) is 8.25. The second-order valence-electron chi connectivity index (χ2n) is 10.7. The molecule has 10 nitrogen and oxygen atoms in total. The van der Waals surface area contributed by atoms with Crippen molar-refractivity contribution in [1.82, 2.24) is 4.90 Å². The molecule has 1 aliphatic heterocycles. The fraction of sp³-hybridized carbons (Fsp3) is 0.500. The van der Waals surface area contributed by atoms with E-state index >= 15 is 0 Å². The number of carbonyl (C=O) groups excluding carboxylic acids is 2. The van der Waals surface area contributed by atoms with Crippen LogP contribution >= 0.6 is 0 Å². The number of ether oxygens (including phenoxy) is 2. The molecule has 0 bridgehead atoms. The Morgan fingerprint density at radius 3 is 2.45 bits per heavy atom. The monoisotopic (exact) mass is 527 g/mol. The molecule has 0 aromatic heterocycles. The number of benzene rings is 2. The molecule has 0 saturated carbocycles. The molecule has 7 atom stereocenters. The molecular formula is C28H33NO9. The van der Waals surface area contributed by atoms with Gasteiger partial charge in [0.1, 0.15) is 17.6 Å². The summed E-state index contributed by atoms with van der Waals surface area (Å²) in [6, 6.07) is 5.17. The zero-order valence-corrected chi connectivity index (χ0v) is 21.7. The van der Waals surface area contributed by atoms with Gasteiger partial charge in [-0.3, -0.25) is 9.59 Å². The molecule has 0 radical (unpaired) electrons. The van der Waals surface area contributed by atoms with Crippen molar-refractivity contribution in [3.05, 3.63) is 57.6 Å². The highest BCUT2D eigenvalue weighted by Gasteiger charge is 2.51. The predicted octanol–water partition coefficient (Wildman–Crippen LogP) is 1.94. The molecule has 5 N–H and O–H groups in total. The van der Waals surface area contributed by atoms with Crippen molar-refractivity contribution in [2.75, 3.05) is 14.1 Å². The number of nitrogens with zero attached hydrogens (tertiary/aromatic N) is 1. The lowest BCUT2D eigenvalue weighted by atomic mass is 9.71. The summed E-state index contributed by atoms with van der Waals surface area (Å²) in [6.07, 6.45) is -4.43. The number of phenolic OH excluding ortho intramolecular Hbond substituents is 2. The molecule has 204 valence electrons. The Balaban J connectivity index is 1.64. The van der Waals surface area contributed by atoms with Gasteiger partial charge in [-0.2, -0.15) is 0 Å². The van der Waals surface area contributed by atoms with E-state index in [4.69, 9.17) is 9.47 Å². The minimum atomic E-state index is -1.63. The number of aromatic hydroxyl groups is 2. The molecule has 1 saturated heterocycles. The molecule has 3 aliphatic rings. The van der Waals surface area contributed by atoms with Crippen LogP contribution < -0.4 is 0 Å². The molecule has 1 heterocycles. The van der Waals surface area contributed by atoms with Gasteiger partial charge in [-0.15, -0.1) is 0 Å². The second-order valence-corrected chi connectivity index (χ2v) is 10.7. The Morgan fingerprint density at radius 2 is 1.79 bits per heavy atom. The molecule has 2 aliphatic carbocycles. The lowest BCUT2D eigenvalue weighted by Gasteiger charge is -2.47. The average Bonchev–Trinajstić information content (AvgIpc) is 2.86. The van der Waals surface area contributed by atoms with Gasteiger partial charge >= 0.3 is 0 Å². The van der Waals surface area contributed by atoms with Gasteiger partial charge in [0.2, 0.25) is 0 Å². The van der Waals surface area contributed by atoms with Crippen LogP contribution in [0.4, 0.5) is 0 Å². The number of aliphatic hydroxyl groups excluding tert-OH is 2. The molecule has 1 fully saturated rings. The summed E-state index contributed by atoms with van der Waals surface area (Å²) < 4.78 is 12.2. The average molecular weight is 528 g/mol. The lowest BCUT2D eigenvalue weighted by molar-refractivity contribution is -0.279. The van der Waals surface area contributed by atoms with Crippen molar-refractivity contribution < 1.29 is 44.6 Å². The number of fused-ring (bicyclic) bond motifs is 3. The molecule has 3 unspecified atom stereocenters. The third-order valence-electron chi connectivity index (χ3n) is 8.25. The summed E-state index contributed by atoms with van der Waals surface area (Å²) in [5, 5.41) is 55.0. The van der Waals surface area contributed by atoms with E-state index in [0.29, 0.717) is 0 Å². The lowest BCUT2D eigenvalue weighted by Crippen LogP contribution is -2.54. The number of likely N-dealkylation sites (N-methyl/N-ethyl adjacent to an activating group) is 1. The Morgan fingerprint density at radius 1 is 1.11 bits per heavy atom. The predicted molar refractivity (Wildman–Crippen MR) is 134 cm³/mol. The van der Waals surface area contributed by atoms with E-state index in [2.05, 4.69) is 0 Å². The van der Waals surface area contributed by atoms with Crippen LogP contribution in [0.2, 0.25) is 0 Å². The number of phenols is 2. The first-order valence-electron chi connectivity index (χ1n) is 12.8. The minimum absolute atomic E-state index is 0.0142. The summed E-state index contributed by atoms with van der Waals surface area (Å²) in [5.41, 5.74) is -2.09. The summed E-state index contributed by atoms with van der Waals surface area (Å²) in [5.74, 6) is -2.23. The normalized spacial score (nSPS) is 32.6. The SMILES string of the molecule is CCC1(O)CC(O)c2cc3c(c(O)c2C1O[C@H]1C[C@H](N(C)C)[C@H](O)[C@H](C)O1)C(=O)c1cccc(O)c1C3=O. The summed E-state index contributed by atoms with van der Waals surface area (Å²) in [7, 11) is 3.65. The molecule has 5 rings (SSSR count). The van der Waals surface area contributed by atoms with Gasteiger partial charge in [0.05, 0.1) is 35.0 Å². The van der Waals surface area contributed by atoms with Crippen molar-refractivity contribution in [1.29, 1.82) is 0 Å². The van der Waals surface area contributed by atoms with Crippen LogP contribution in [0, 0.1) is 0 Å². The van der Waals surface area contributed by atoms with Crippen molar-refractivity contribution >= 4 is 11.6 Å². The van der Waals surface area contributed by atoms with E-state index in [1.54, 1.807) is 13.8 Å². The van der Waals surface area contributed by atoms with Crippen LogP contribution in [0.3, 0.4) is 0 Å². The Kier molecular flexibility index (Phi) is 6.62. The van der Waals surface area contributed by atoms with Crippen molar-refractivity contribution in [2.24, 2.45) is 0 Å². The van der Waals surface area contributed by atoms with Gasteiger partial charge in [0, 0.05) is 35.6 Å². The molecule has 2 aromatic carbocycles. The molecule has 2 aromatic rings. The van der Waals surface area contributed by atoms with Gasteiger partial charge < -0.3 is 39.9 Å². The molecular weight excluding hydrogens is 494 g/mol.